The van der Waals surface area contributed by atoms with Crippen LogP contribution in [0.3, 0.4) is 0 Å². The number of hydrogen-bond donors (Lipinski definition) is 7. The molecule has 18 heteroatoms. The number of aromatic nitrogens is 2. The van der Waals surface area contributed by atoms with Crippen LogP contribution in [0.4, 0.5) is 30.4 Å². The van der Waals surface area contributed by atoms with Crippen LogP contribution in [0.1, 0.15) is 70.9 Å². The average Bonchev–Trinajstić information content (AvgIpc) is 3.78. The summed E-state index contributed by atoms with van der Waals surface area (Å²) in [5.41, 5.74) is 11.6. The number of carbonyl (C=O) groups excluding carboxylic acids is 2. The van der Waals surface area contributed by atoms with Crippen molar-refractivity contribution in [2.75, 3.05) is 24.0 Å². The van der Waals surface area contributed by atoms with E-state index in [-0.39, 0.29) is 29.9 Å². The first-order chi connectivity index (χ1) is 28.0. The van der Waals surface area contributed by atoms with Gasteiger partial charge < -0.3 is 41.9 Å². The molecule has 2 amide bonds. The molecule has 316 valence electrons. The molecule has 0 bridgehead atoms. The van der Waals surface area contributed by atoms with Crippen LogP contribution >= 0.6 is 30.0 Å². The standard InChI is InChI=1S/C22H25FN3O4PS.C20H20FN3O3S/c1-22(2,28)13-8-9-15(17(23)10-13)18-11-16(20(24)27)21(32-18)26-19-7-5-6-14(25-19)12-30-31(3,4)29;1-20(2,27)11-6-7-13(15(21)8-11)16-9-14(18(22)26)19(28-16)24-17-5-3-4-12(10-25)23-17/h5-11,28H,12H2,1-4H3,(H2,24,27)(H,25,26);3-9,25,27H,10H2,1-2H3,(H2,22,26)(H,23,24). The molecule has 0 fully saturated rings. The van der Waals surface area contributed by atoms with Crippen molar-refractivity contribution in [1.29, 1.82) is 0 Å². The molecule has 0 aliphatic carbocycles. The average molecular weight is 879 g/mol. The molecule has 0 radical (unpaired) electrons. The Morgan fingerprint density at radius 1 is 0.717 bits per heavy atom. The van der Waals surface area contributed by atoms with Gasteiger partial charge in [0.2, 0.25) is 0 Å². The fourth-order valence-electron chi connectivity index (χ4n) is 5.51. The highest BCUT2D eigenvalue weighted by Gasteiger charge is 2.23. The lowest BCUT2D eigenvalue weighted by atomic mass is 9.96. The molecule has 2 aromatic carbocycles. The smallest absolute Gasteiger partial charge is 0.251 e. The number of halogens is 2. The minimum absolute atomic E-state index is 0.0803. The largest absolute Gasteiger partial charge is 0.390 e. The molecule has 6 rings (SSSR count). The zero-order chi connectivity index (χ0) is 44.2. The predicted molar refractivity (Wildman–Crippen MR) is 232 cm³/mol. The van der Waals surface area contributed by atoms with E-state index in [4.69, 9.17) is 16.0 Å². The molecule has 6 aromatic rings. The van der Waals surface area contributed by atoms with Gasteiger partial charge in [0, 0.05) is 34.2 Å². The van der Waals surface area contributed by atoms with Crippen LogP contribution in [0.15, 0.2) is 84.9 Å². The van der Waals surface area contributed by atoms with Gasteiger partial charge in [-0.3, -0.25) is 14.2 Å². The van der Waals surface area contributed by atoms with E-state index in [0.717, 1.165) is 22.7 Å². The van der Waals surface area contributed by atoms with Crippen LogP contribution < -0.4 is 22.1 Å². The van der Waals surface area contributed by atoms with Gasteiger partial charge in [0.25, 0.3) is 11.8 Å². The van der Waals surface area contributed by atoms with Gasteiger partial charge in [-0.2, -0.15) is 0 Å². The van der Waals surface area contributed by atoms with Crippen molar-refractivity contribution in [2.45, 2.75) is 52.1 Å². The summed E-state index contributed by atoms with van der Waals surface area (Å²) in [4.78, 5) is 33.5. The summed E-state index contributed by atoms with van der Waals surface area (Å²) in [6, 6.07) is 22.2. The molecule has 4 heterocycles. The molecule has 0 saturated carbocycles. The van der Waals surface area contributed by atoms with Crippen LogP contribution in [-0.4, -0.2) is 50.4 Å². The van der Waals surface area contributed by atoms with E-state index in [9.17, 15) is 38.3 Å². The summed E-state index contributed by atoms with van der Waals surface area (Å²) < 4.78 is 46.5. The Bertz CT molecular complexity index is 2580. The van der Waals surface area contributed by atoms with Crippen molar-refractivity contribution >= 4 is 63.5 Å². The van der Waals surface area contributed by atoms with Gasteiger partial charge in [0.1, 0.15) is 33.3 Å². The SMILES string of the molecule is CC(C)(O)c1ccc(-c2cc(C(N)=O)c(Nc3cccc(CO)n3)s2)c(F)c1.CC(C)(O)c1ccc(-c2cc(C(N)=O)c(Nc3cccc(COP(C)(C)=O)n3)s2)c(F)c1. The Morgan fingerprint density at radius 3 is 1.50 bits per heavy atom. The molecule has 0 spiro atoms. The minimum atomic E-state index is -2.65. The first-order valence-electron chi connectivity index (χ1n) is 18.2. The van der Waals surface area contributed by atoms with Crippen molar-refractivity contribution in [3.63, 3.8) is 0 Å². The lowest BCUT2D eigenvalue weighted by Gasteiger charge is -2.18. The van der Waals surface area contributed by atoms with Gasteiger partial charge >= 0.3 is 0 Å². The molecule has 13 nitrogen and oxygen atoms in total. The molecule has 9 N–H and O–H groups in total. The van der Waals surface area contributed by atoms with E-state index in [2.05, 4.69) is 20.6 Å². The topological polar surface area (TPSA) is 223 Å². The number of nitrogens with zero attached hydrogens (tertiary/aromatic N) is 2. The van der Waals surface area contributed by atoms with Gasteiger partial charge in [0.05, 0.1) is 46.9 Å². The lowest BCUT2D eigenvalue weighted by molar-refractivity contribution is 0.0777. The molecular formula is C42H45F2N6O7PS2. The maximum atomic E-state index is 14.8. The van der Waals surface area contributed by atoms with Gasteiger partial charge in [-0.05, 0) is 87.4 Å². The number of carbonyl (C=O) groups is 2. The van der Waals surface area contributed by atoms with Crippen molar-refractivity contribution in [3.8, 4) is 20.9 Å². The number of thiophene rings is 2. The second-order valence-corrected chi connectivity index (χ2v) is 19.8. The number of rotatable bonds is 14. The van der Waals surface area contributed by atoms with Crippen LogP contribution in [0.5, 0.6) is 0 Å². The Morgan fingerprint density at radius 2 is 1.13 bits per heavy atom. The molecule has 4 aromatic heterocycles. The number of aliphatic hydroxyl groups is 3. The maximum absolute atomic E-state index is 14.8. The normalized spacial score (nSPS) is 11.8. The summed E-state index contributed by atoms with van der Waals surface area (Å²) in [5.74, 6) is -1.49. The molecule has 0 aliphatic heterocycles. The summed E-state index contributed by atoms with van der Waals surface area (Å²) in [5, 5.41) is 36.3. The molecule has 0 aliphatic rings. The number of pyridine rings is 2. The van der Waals surface area contributed by atoms with Gasteiger partial charge in [-0.1, -0.05) is 36.4 Å². The molecule has 60 heavy (non-hydrogen) atoms. The summed E-state index contributed by atoms with van der Waals surface area (Å²) in [7, 11) is -2.65. The van der Waals surface area contributed by atoms with E-state index in [0.29, 0.717) is 59.5 Å². The molecular weight excluding hydrogens is 834 g/mol. The highest BCUT2D eigenvalue weighted by Crippen LogP contribution is 2.41. The third-order valence-corrected chi connectivity index (χ3v) is 11.6. The number of amides is 2. The zero-order valence-electron chi connectivity index (χ0n) is 33.5. The zero-order valence-corrected chi connectivity index (χ0v) is 36.1. The third kappa shape index (κ3) is 11.9. The maximum Gasteiger partial charge on any atom is 0.251 e. The van der Waals surface area contributed by atoms with E-state index >= 15 is 0 Å². The Labute approximate surface area is 353 Å². The van der Waals surface area contributed by atoms with Gasteiger partial charge in [-0.25, -0.2) is 18.7 Å². The van der Waals surface area contributed by atoms with E-state index < -0.39 is 42.0 Å². The fourth-order valence-corrected chi connectivity index (χ4v) is 8.15. The van der Waals surface area contributed by atoms with Crippen LogP contribution in [-0.2, 0) is 33.5 Å². The number of nitrogens with one attached hydrogen (secondary N) is 2. The van der Waals surface area contributed by atoms with Crippen molar-refractivity contribution in [1.82, 2.24) is 9.97 Å². The fraction of sp³-hybridized carbons (Fsp3) is 0.238. The summed E-state index contributed by atoms with van der Waals surface area (Å²) >= 11 is 2.32. The second-order valence-electron chi connectivity index (χ2n) is 14.9. The lowest BCUT2D eigenvalue weighted by Crippen LogP contribution is -2.15. The van der Waals surface area contributed by atoms with Crippen LogP contribution in [0.2, 0.25) is 0 Å². The van der Waals surface area contributed by atoms with Gasteiger partial charge in [-0.15, -0.1) is 22.7 Å². The molecule has 0 unspecified atom stereocenters. The third-order valence-electron chi connectivity index (χ3n) is 8.66. The minimum Gasteiger partial charge on any atom is -0.390 e. The van der Waals surface area contributed by atoms with Crippen molar-refractivity contribution in [2.24, 2.45) is 11.5 Å². The quantitative estimate of drug-likeness (QED) is 0.0513. The number of primary amides is 2. The number of benzene rings is 2. The Kier molecular flexibility index (Phi) is 14.1. The van der Waals surface area contributed by atoms with E-state index in [1.807, 2.05) is 0 Å². The summed E-state index contributed by atoms with van der Waals surface area (Å²) in [6.45, 7) is 9.21. The molecule has 0 saturated heterocycles. The van der Waals surface area contributed by atoms with E-state index in [1.54, 1.807) is 88.4 Å². The predicted octanol–water partition coefficient (Wildman–Crippen LogP) is 8.58. The Balaban J connectivity index is 0.000000230. The number of anilines is 4. The first-order valence-corrected chi connectivity index (χ1v) is 22.4. The number of nitrogens with two attached hydrogens (primary N) is 2. The highest BCUT2D eigenvalue weighted by molar-refractivity contribution is 7.57. The monoisotopic (exact) mass is 878 g/mol. The second kappa shape index (κ2) is 18.5. The Hall–Kier alpha value is -5.39. The molecule has 0 atom stereocenters. The van der Waals surface area contributed by atoms with Crippen LogP contribution in [0, 0.1) is 11.6 Å². The summed E-state index contributed by atoms with van der Waals surface area (Å²) in [6.07, 6.45) is 0. The number of hydrogen-bond acceptors (Lipinski definition) is 13. The first kappa shape index (κ1) is 45.7. The van der Waals surface area contributed by atoms with E-state index in [1.165, 1.54) is 37.6 Å². The van der Waals surface area contributed by atoms with Crippen LogP contribution in [0.25, 0.3) is 20.9 Å². The van der Waals surface area contributed by atoms with Gasteiger partial charge in [0.15, 0.2) is 7.37 Å². The number of aliphatic hydroxyl groups excluding tert-OH is 1. The van der Waals surface area contributed by atoms with Crippen molar-refractivity contribution < 1.29 is 42.8 Å². The van der Waals surface area contributed by atoms with Crippen molar-refractivity contribution in [3.05, 3.63) is 130 Å². The highest BCUT2D eigenvalue weighted by atomic mass is 32.1.